The van der Waals surface area contributed by atoms with Crippen molar-refractivity contribution in [1.29, 1.82) is 0 Å². The molecule has 0 radical (unpaired) electrons. The van der Waals surface area contributed by atoms with Crippen LogP contribution in [0.15, 0.2) is 77.7 Å². The molecule has 5 aromatic rings. The number of imidazole rings is 1. The minimum Gasteiger partial charge on any atom is -0.454 e. The Morgan fingerprint density at radius 2 is 1.75 bits per heavy atom. The second-order valence-electron chi connectivity index (χ2n) is 6.84. The molecule has 3 aromatic heterocycles. The second-order valence-corrected chi connectivity index (χ2v) is 6.84. The summed E-state index contributed by atoms with van der Waals surface area (Å²) in [7, 11) is 1.95. The molecule has 0 aliphatic heterocycles. The monoisotopic (exact) mass is 369 g/mol. The van der Waals surface area contributed by atoms with Gasteiger partial charge < -0.3 is 13.6 Å². The number of hydrogen-bond donors (Lipinski definition) is 0. The van der Waals surface area contributed by atoms with Crippen molar-refractivity contribution in [3.05, 3.63) is 79.1 Å². The van der Waals surface area contributed by atoms with E-state index in [-0.39, 0.29) is 6.04 Å². The van der Waals surface area contributed by atoms with Gasteiger partial charge in [0.15, 0.2) is 11.6 Å². The quantitative estimate of drug-likeness (QED) is 0.461. The fourth-order valence-electron chi connectivity index (χ4n) is 3.60. The van der Waals surface area contributed by atoms with E-state index >= 15 is 0 Å². The Bertz CT molecular complexity index is 1220. The van der Waals surface area contributed by atoms with Crippen LogP contribution in [0.25, 0.3) is 33.7 Å². The third-order valence-corrected chi connectivity index (χ3v) is 5.04. The average Bonchev–Trinajstić information content (AvgIpc) is 3.45. The van der Waals surface area contributed by atoms with Gasteiger partial charge in [0, 0.05) is 18.0 Å². The van der Waals surface area contributed by atoms with Crippen molar-refractivity contribution >= 4 is 11.0 Å². The standard InChI is InChI=1S/C22H19N5O/c1-15(22-25-24-14-26(22)2)27-13-23-20(16-8-4-3-5-9-16)21(27)19-12-17-10-6-7-11-18(17)28-19/h3-15H,1-2H3/t15-/m1/s1. The summed E-state index contributed by atoms with van der Waals surface area (Å²) in [6, 6.07) is 20.2. The number of aromatic nitrogens is 5. The van der Waals surface area contributed by atoms with Crippen LogP contribution in [-0.2, 0) is 7.05 Å². The van der Waals surface area contributed by atoms with Crippen LogP contribution < -0.4 is 0 Å². The zero-order chi connectivity index (χ0) is 19.1. The molecule has 0 amide bonds. The predicted molar refractivity (Wildman–Crippen MR) is 108 cm³/mol. The molecule has 28 heavy (non-hydrogen) atoms. The summed E-state index contributed by atoms with van der Waals surface area (Å²) in [5, 5.41) is 9.38. The van der Waals surface area contributed by atoms with Gasteiger partial charge in [0.25, 0.3) is 0 Å². The molecule has 5 rings (SSSR count). The van der Waals surface area contributed by atoms with Gasteiger partial charge in [-0.3, -0.25) is 0 Å². The first kappa shape index (κ1) is 16.5. The number of fused-ring (bicyclic) bond motifs is 1. The van der Waals surface area contributed by atoms with Gasteiger partial charge in [-0.15, -0.1) is 10.2 Å². The van der Waals surface area contributed by atoms with Gasteiger partial charge in [-0.1, -0.05) is 48.5 Å². The maximum Gasteiger partial charge on any atom is 0.155 e. The Kier molecular flexibility index (Phi) is 3.83. The molecule has 2 aromatic carbocycles. The lowest BCUT2D eigenvalue weighted by molar-refractivity contribution is 0.562. The Morgan fingerprint density at radius 3 is 2.50 bits per heavy atom. The smallest absolute Gasteiger partial charge is 0.155 e. The van der Waals surface area contributed by atoms with E-state index in [0.717, 1.165) is 39.5 Å². The Balaban J connectivity index is 1.74. The van der Waals surface area contributed by atoms with Crippen LogP contribution in [0.3, 0.4) is 0 Å². The van der Waals surface area contributed by atoms with Crippen LogP contribution in [0, 0.1) is 0 Å². The SMILES string of the molecule is C[C@H](c1nncn1C)n1cnc(-c2ccccc2)c1-c1cc2ccccc2o1. The van der Waals surface area contributed by atoms with Gasteiger partial charge in [-0.05, 0) is 19.1 Å². The van der Waals surface area contributed by atoms with Crippen molar-refractivity contribution in [1.82, 2.24) is 24.3 Å². The molecule has 6 nitrogen and oxygen atoms in total. The second kappa shape index (κ2) is 6.49. The van der Waals surface area contributed by atoms with Crippen molar-refractivity contribution in [2.75, 3.05) is 0 Å². The van der Waals surface area contributed by atoms with Crippen LogP contribution in [0.2, 0.25) is 0 Å². The molecule has 0 aliphatic rings. The first-order chi connectivity index (χ1) is 13.7. The van der Waals surface area contributed by atoms with Gasteiger partial charge in [-0.25, -0.2) is 4.98 Å². The third kappa shape index (κ3) is 2.62. The highest BCUT2D eigenvalue weighted by Gasteiger charge is 2.24. The summed E-state index contributed by atoms with van der Waals surface area (Å²) >= 11 is 0. The zero-order valence-electron chi connectivity index (χ0n) is 15.6. The maximum atomic E-state index is 6.21. The van der Waals surface area contributed by atoms with Crippen LogP contribution in [-0.4, -0.2) is 24.3 Å². The Morgan fingerprint density at radius 1 is 0.964 bits per heavy atom. The lowest BCUT2D eigenvalue weighted by Crippen LogP contribution is -2.12. The van der Waals surface area contributed by atoms with Crippen LogP contribution in [0.4, 0.5) is 0 Å². The molecule has 138 valence electrons. The highest BCUT2D eigenvalue weighted by atomic mass is 16.3. The molecular weight excluding hydrogens is 350 g/mol. The van der Waals surface area contributed by atoms with Gasteiger partial charge in [0.1, 0.15) is 17.6 Å². The summed E-state index contributed by atoms with van der Waals surface area (Å²) < 4.78 is 10.2. The summed E-state index contributed by atoms with van der Waals surface area (Å²) in [6.07, 6.45) is 3.56. The van der Waals surface area contributed by atoms with E-state index in [1.54, 1.807) is 6.33 Å². The number of nitrogens with zero attached hydrogens (tertiary/aromatic N) is 5. The van der Waals surface area contributed by atoms with Crippen molar-refractivity contribution in [3.63, 3.8) is 0 Å². The van der Waals surface area contributed by atoms with Gasteiger partial charge >= 0.3 is 0 Å². The highest BCUT2D eigenvalue weighted by molar-refractivity contribution is 5.85. The summed E-state index contributed by atoms with van der Waals surface area (Å²) in [5.41, 5.74) is 3.71. The molecular formula is C22H19N5O. The first-order valence-corrected chi connectivity index (χ1v) is 9.17. The topological polar surface area (TPSA) is 61.7 Å². The first-order valence-electron chi connectivity index (χ1n) is 9.17. The number of rotatable bonds is 4. The molecule has 1 atom stereocenters. The van der Waals surface area contributed by atoms with E-state index in [4.69, 9.17) is 9.40 Å². The summed E-state index contributed by atoms with van der Waals surface area (Å²) in [4.78, 5) is 4.74. The van der Waals surface area contributed by atoms with Crippen LogP contribution >= 0.6 is 0 Å². The van der Waals surface area contributed by atoms with Crippen LogP contribution in [0.1, 0.15) is 18.8 Å². The third-order valence-electron chi connectivity index (χ3n) is 5.04. The largest absolute Gasteiger partial charge is 0.454 e. The summed E-state index contributed by atoms with van der Waals surface area (Å²) in [5.74, 6) is 1.64. The molecule has 0 saturated carbocycles. The molecule has 3 heterocycles. The van der Waals surface area contributed by atoms with E-state index in [2.05, 4.69) is 46.0 Å². The lowest BCUT2D eigenvalue weighted by Gasteiger charge is -2.15. The zero-order valence-corrected chi connectivity index (χ0v) is 15.6. The molecule has 0 aliphatic carbocycles. The highest BCUT2D eigenvalue weighted by Crippen LogP contribution is 2.37. The minimum absolute atomic E-state index is 0.0549. The normalized spacial score (nSPS) is 12.5. The van der Waals surface area contributed by atoms with E-state index in [9.17, 15) is 0 Å². The fraction of sp³-hybridized carbons (Fsp3) is 0.136. The van der Waals surface area contributed by atoms with E-state index < -0.39 is 0 Å². The molecule has 0 bridgehead atoms. The van der Waals surface area contributed by atoms with Crippen LogP contribution in [0.5, 0.6) is 0 Å². The molecule has 0 N–H and O–H groups in total. The van der Waals surface area contributed by atoms with Gasteiger partial charge in [0.05, 0.1) is 18.1 Å². The molecule has 0 fully saturated rings. The maximum absolute atomic E-state index is 6.21. The minimum atomic E-state index is -0.0549. The van der Waals surface area contributed by atoms with Crippen molar-refractivity contribution < 1.29 is 4.42 Å². The lowest BCUT2D eigenvalue weighted by atomic mass is 10.1. The molecule has 0 unspecified atom stereocenters. The number of aryl methyl sites for hydroxylation is 1. The summed E-state index contributed by atoms with van der Waals surface area (Å²) in [6.45, 7) is 2.09. The molecule has 0 spiro atoms. The number of furan rings is 1. The van der Waals surface area contributed by atoms with E-state index in [1.165, 1.54) is 0 Å². The Hall–Kier alpha value is -3.67. The number of hydrogen-bond acceptors (Lipinski definition) is 4. The van der Waals surface area contributed by atoms with Crippen molar-refractivity contribution in [2.24, 2.45) is 7.05 Å². The fourth-order valence-corrected chi connectivity index (χ4v) is 3.60. The average molecular weight is 369 g/mol. The Labute approximate surface area is 162 Å². The van der Waals surface area contributed by atoms with Gasteiger partial charge in [-0.2, -0.15) is 0 Å². The molecule has 6 heteroatoms. The van der Waals surface area contributed by atoms with Crippen molar-refractivity contribution in [2.45, 2.75) is 13.0 Å². The van der Waals surface area contributed by atoms with E-state index in [0.29, 0.717) is 0 Å². The number of para-hydroxylation sites is 1. The van der Waals surface area contributed by atoms with E-state index in [1.807, 2.05) is 54.3 Å². The predicted octanol–water partition coefficient (Wildman–Crippen LogP) is 4.70. The molecule has 0 saturated heterocycles. The van der Waals surface area contributed by atoms with Crippen molar-refractivity contribution in [3.8, 4) is 22.7 Å². The number of benzene rings is 2. The van der Waals surface area contributed by atoms with Gasteiger partial charge in [0.2, 0.25) is 0 Å².